The van der Waals surface area contributed by atoms with Crippen LogP contribution in [0.1, 0.15) is 39.2 Å². The SMILES string of the molecule is CC(C)(C)OC(=O)NC1CC(C(=O)O)(c2cccc(Cl)c2)C1. The summed E-state index contributed by atoms with van der Waals surface area (Å²) in [4.78, 5) is 23.4. The smallest absolute Gasteiger partial charge is 0.407 e. The van der Waals surface area contributed by atoms with E-state index in [2.05, 4.69) is 5.32 Å². The zero-order valence-corrected chi connectivity index (χ0v) is 13.6. The zero-order chi connectivity index (χ0) is 16.5. The topological polar surface area (TPSA) is 75.6 Å². The first kappa shape index (κ1) is 16.6. The van der Waals surface area contributed by atoms with Crippen LogP contribution in [0.15, 0.2) is 24.3 Å². The van der Waals surface area contributed by atoms with E-state index >= 15 is 0 Å². The van der Waals surface area contributed by atoms with Crippen LogP contribution < -0.4 is 5.32 Å². The molecule has 1 aromatic rings. The third-order valence-corrected chi connectivity index (χ3v) is 3.93. The Morgan fingerprint density at radius 3 is 2.50 bits per heavy atom. The average molecular weight is 326 g/mol. The van der Waals surface area contributed by atoms with Crippen molar-refractivity contribution in [1.29, 1.82) is 0 Å². The number of carbonyl (C=O) groups excluding carboxylic acids is 1. The predicted octanol–water partition coefficient (Wildman–Crippen LogP) is 3.35. The van der Waals surface area contributed by atoms with Gasteiger partial charge in [-0.05, 0) is 51.3 Å². The summed E-state index contributed by atoms with van der Waals surface area (Å²) in [5.74, 6) is -0.906. The fourth-order valence-corrected chi connectivity index (χ4v) is 2.87. The van der Waals surface area contributed by atoms with Gasteiger partial charge in [-0.3, -0.25) is 4.79 Å². The molecule has 0 radical (unpaired) electrons. The molecule has 1 amide bonds. The third-order valence-electron chi connectivity index (χ3n) is 3.70. The van der Waals surface area contributed by atoms with Gasteiger partial charge in [0.05, 0.1) is 5.41 Å². The summed E-state index contributed by atoms with van der Waals surface area (Å²) in [6.07, 6.45) is 0.117. The van der Waals surface area contributed by atoms with Crippen LogP contribution in [0.25, 0.3) is 0 Å². The molecule has 0 heterocycles. The molecule has 0 aliphatic heterocycles. The summed E-state index contributed by atoms with van der Waals surface area (Å²) >= 11 is 5.95. The number of hydrogen-bond donors (Lipinski definition) is 2. The molecule has 1 aliphatic rings. The highest BCUT2D eigenvalue weighted by Crippen LogP contribution is 2.44. The number of aliphatic carboxylic acids is 1. The lowest BCUT2D eigenvalue weighted by Crippen LogP contribution is -2.57. The Labute approximate surface area is 134 Å². The molecule has 5 nitrogen and oxygen atoms in total. The van der Waals surface area contributed by atoms with Crippen molar-refractivity contribution in [1.82, 2.24) is 5.32 Å². The standard InChI is InChI=1S/C16H20ClNO4/c1-15(2,3)22-14(21)18-12-8-16(9-12,13(19)20)10-5-4-6-11(17)7-10/h4-7,12H,8-9H2,1-3H3,(H,18,21)(H,19,20). The summed E-state index contributed by atoms with van der Waals surface area (Å²) in [6, 6.07) is 6.64. The third kappa shape index (κ3) is 3.53. The lowest BCUT2D eigenvalue weighted by Gasteiger charge is -2.45. The predicted molar refractivity (Wildman–Crippen MR) is 83.2 cm³/mol. The number of amides is 1. The number of alkyl carbamates (subject to hydrolysis) is 1. The van der Waals surface area contributed by atoms with Crippen molar-refractivity contribution in [3.05, 3.63) is 34.9 Å². The van der Waals surface area contributed by atoms with Gasteiger partial charge in [-0.1, -0.05) is 23.7 Å². The van der Waals surface area contributed by atoms with Gasteiger partial charge in [0, 0.05) is 11.1 Å². The number of carboxylic acid groups (broad SMARTS) is 1. The highest BCUT2D eigenvalue weighted by Gasteiger charge is 2.52. The van der Waals surface area contributed by atoms with Crippen molar-refractivity contribution in [2.45, 2.75) is 50.7 Å². The van der Waals surface area contributed by atoms with E-state index in [4.69, 9.17) is 16.3 Å². The number of ether oxygens (including phenoxy) is 1. The van der Waals surface area contributed by atoms with Gasteiger partial charge >= 0.3 is 12.1 Å². The summed E-state index contributed by atoms with van der Waals surface area (Å²) in [7, 11) is 0. The number of carboxylic acids is 1. The molecule has 1 fully saturated rings. The number of carbonyl (C=O) groups is 2. The maximum Gasteiger partial charge on any atom is 0.407 e. The molecule has 1 aliphatic carbocycles. The molecule has 120 valence electrons. The molecule has 0 spiro atoms. The summed E-state index contributed by atoms with van der Waals surface area (Å²) < 4.78 is 5.18. The van der Waals surface area contributed by atoms with Crippen LogP contribution >= 0.6 is 11.6 Å². The van der Waals surface area contributed by atoms with Crippen LogP contribution in [0.3, 0.4) is 0 Å². The number of hydrogen-bond acceptors (Lipinski definition) is 3. The van der Waals surface area contributed by atoms with Crippen LogP contribution in [0.4, 0.5) is 4.79 Å². The summed E-state index contributed by atoms with van der Waals surface area (Å²) in [6.45, 7) is 5.34. The van der Waals surface area contributed by atoms with Gasteiger partial charge in [0.25, 0.3) is 0 Å². The van der Waals surface area contributed by atoms with Gasteiger partial charge in [0.1, 0.15) is 5.60 Å². The lowest BCUT2D eigenvalue weighted by atomic mass is 9.61. The van der Waals surface area contributed by atoms with E-state index in [-0.39, 0.29) is 6.04 Å². The maximum atomic E-state index is 11.7. The summed E-state index contributed by atoms with van der Waals surface area (Å²) in [5, 5.41) is 12.8. The van der Waals surface area contributed by atoms with Crippen LogP contribution in [0, 0.1) is 0 Å². The second-order valence-corrected chi connectivity index (χ2v) is 7.09. The Hall–Kier alpha value is -1.75. The Balaban J connectivity index is 2.04. The fourth-order valence-electron chi connectivity index (χ4n) is 2.68. The van der Waals surface area contributed by atoms with Gasteiger partial charge in [-0.15, -0.1) is 0 Å². The molecule has 1 saturated carbocycles. The Morgan fingerprint density at radius 2 is 2.00 bits per heavy atom. The summed E-state index contributed by atoms with van der Waals surface area (Å²) in [5.41, 5.74) is -0.912. The van der Waals surface area contributed by atoms with E-state index in [1.807, 2.05) is 0 Å². The van der Waals surface area contributed by atoms with Crippen molar-refractivity contribution in [2.24, 2.45) is 0 Å². The normalized spacial score (nSPS) is 24.3. The van der Waals surface area contributed by atoms with Crippen molar-refractivity contribution in [3.8, 4) is 0 Å². The maximum absolute atomic E-state index is 11.7. The molecule has 22 heavy (non-hydrogen) atoms. The molecule has 6 heteroatoms. The highest BCUT2D eigenvalue weighted by molar-refractivity contribution is 6.30. The van der Waals surface area contributed by atoms with E-state index in [1.54, 1.807) is 45.0 Å². The van der Waals surface area contributed by atoms with Gasteiger partial charge in [0.15, 0.2) is 0 Å². The average Bonchev–Trinajstić information content (AvgIpc) is 2.30. The Morgan fingerprint density at radius 1 is 1.36 bits per heavy atom. The van der Waals surface area contributed by atoms with Gasteiger partial charge < -0.3 is 15.2 Å². The van der Waals surface area contributed by atoms with E-state index < -0.39 is 23.1 Å². The molecular formula is C16H20ClNO4. The molecule has 0 aromatic heterocycles. The number of benzene rings is 1. The molecule has 0 bridgehead atoms. The first-order valence-corrected chi connectivity index (χ1v) is 7.49. The molecule has 1 aromatic carbocycles. The number of rotatable bonds is 3. The molecule has 0 atom stereocenters. The van der Waals surface area contributed by atoms with E-state index in [0.29, 0.717) is 23.4 Å². The van der Waals surface area contributed by atoms with Crippen LogP contribution in [-0.2, 0) is 14.9 Å². The van der Waals surface area contributed by atoms with Crippen molar-refractivity contribution < 1.29 is 19.4 Å². The van der Waals surface area contributed by atoms with Crippen LogP contribution in [-0.4, -0.2) is 28.8 Å². The van der Waals surface area contributed by atoms with E-state index in [1.165, 1.54) is 0 Å². The largest absolute Gasteiger partial charge is 0.481 e. The molecule has 0 saturated heterocycles. The van der Waals surface area contributed by atoms with Gasteiger partial charge in [-0.2, -0.15) is 0 Å². The highest BCUT2D eigenvalue weighted by atomic mass is 35.5. The quantitative estimate of drug-likeness (QED) is 0.893. The second-order valence-electron chi connectivity index (χ2n) is 6.65. The minimum absolute atomic E-state index is 0.218. The Kier molecular flexibility index (Phi) is 4.38. The zero-order valence-electron chi connectivity index (χ0n) is 12.9. The van der Waals surface area contributed by atoms with Crippen molar-refractivity contribution in [3.63, 3.8) is 0 Å². The first-order chi connectivity index (χ1) is 10.1. The monoisotopic (exact) mass is 325 g/mol. The molecule has 2 rings (SSSR count). The minimum atomic E-state index is -0.995. The van der Waals surface area contributed by atoms with Gasteiger partial charge in [-0.25, -0.2) is 4.79 Å². The molecule has 0 unspecified atom stereocenters. The number of nitrogens with one attached hydrogen (secondary N) is 1. The first-order valence-electron chi connectivity index (χ1n) is 7.11. The molecular weight excluding hydrogens is 306 g/mol. The van der Waals surface area contributed by atoms with Crippen molar-refractivity contribution >= 4 is 23.7 Å². The van der Waals surface area contributed by atoms with Crippen LogP contribution in [0.2, 0.25) is 5.02 Å². The minimum Gasteiger partial charge on any atom is -0.481 e. The van der Waals surface area contributed by atoms with Crippen molar-refractivity contribution in [2.75, 3.05) is 0 Å². The number of halogens is 1. The van der Waals surface area contributed by atoms with E-state index in [0.717, 1.165) is 0 Å². The Bertz CT molecular complexity index is 588. The van der Waals surface area contributed by atoms with E-state index in [9.17, 15) is 14.7 Å². The second kappa shape index (κ2) is 5.80. The fraction of sp³-hybridized carbons (Fsp3) is 0.500. The lowest BCUT2D eigenvalue weighted by molar-refractivity contribution is -0.148. The van der Waals surface area contributed by atoms with Crippen LogP contribution in [0.5, 0.6) is 0 Å². The molecule has 2 N–H and O–H groups in total. The van der Waals surface area contributed by atoms with Gasteiger partial charge in [0.2, 0.25) is 0 Å².